The summed E-state index contributed by atoms with van der Waals surface area (Å²) in [6, 6.07) is 9.41. The zero-order valence-electron chi connectivity index (χ0n) is 17.1. The molecule has 3 N–H and O–H groups in total. The number of nitrogen functional groups attached to an aromatic ring is 1. The first kappa shape index (κ1) is 21.1. The van der Waals surface area contributed by atoms with Gasteiger partial charge in [0.15, 0.2) is 0 Å². The minimum Gasteiger partial charge on any atom is -0.368 e. The maximum absolute atomic E-state index is 12.3. The summed E-state index contributed by atoms with van der Waals surface area (Å²) in [4.78, 5) is 16.9. The van der Waals surface area contributed by atoms with Crippen LogP contribution in [0.5, 0.6) is 0 Å². The maximum Gasteiger partial charge on any atom is 0.281 e. The lowest BCUT2D eigenvalue weighted by molar-refractivity contribution is 0.262. The number of hydrogen-bond donors (Lipinski definition) is 2. The number of benzene rings is 1. The van der Waals surface area contributed by atoms with Gasteiger partial charge in [-0.1, -0.05) is 23.4 Å². The van der Waals surface area contributed by atoms with E-state index in [4.69, 9.17) is 10.3 Å². The van der Waals surface area contributed by atoms with Gasteiger partial charge < -0.3 is 15.6 Å². The second-order valence-corrected chi connectivity index (χ2v) is 9.39. The first-order valence-electron chi connectivity index (χ1n) is 9.68. The first-order chi connectivity index (χ1) is 14.8. The van der Waals surface area contributed by atoms with E-state index < -0.39 is 10.2 Å². The molecule has 3 aromatic rings. The van der Waals surface area contributed by atoms with Crippen LogP contribution >= 0.6 is 0 Å². The molecular weight excluding hydrogens is 422 g/mol. The average molecular weight is 446 g/mol. The van der Waals surface area contributed by atoms with E-state index in [1.807, 2.05) is 30.3 Å². The van der Waals surface area contributed by atoms with Gasteiger partial charge in [0.2, 0.25) is 29.4 Å². The molecule has 0 radical (unpaired) electrons. The van der Waals surface area contributed by atoms with Crippen LogP contribution in [-0.2, 0) is 10.2 Å². The van der Waals surface area contributed by atoms with E-state index in [0.717, 1.165) is 5.69 Å². The number of anilines is 3. The van der Waals surface area contributed by atoms with E-state index in [1.165, 1.54) is 22.7 Å². The fourth-order valence-electron chi connectivity index (χ4n) is 3.26. The van der Waals surface area contributed by atoms with Crippen molar-refractivity contribution >= 4 is 27.8 Å². The van der Waals surface area contributed by atoms with Gasteiger partial charge in [0.05, 0.1) is 0 Å². The summed E-state index contributed by atoms with van der Waals surface area (Å²) in [5.74, 6) is 1.06. The Morgan fingerprint density at radius 1 is 1.06 bits per heavy atom. The normalized spacial score (nSPS) is 16.0. The molecule has 3 heterocycles. The van der Waals surface area contributed by atoms with Crippen molar-refractivity contribution in [1.82, 2.24) is 33.7 Å². The predicted octanol–water partition coefficient (Wildman–Crippen LogP) is 1.23. The van der Waals surface area contributed by atoms with Gasteiger partial charge in [0.1, 0.15) is 0 Å². The minimum atomic E-state index is -3.43. The third-order valence-electron chi connectivity index (χ3n) is 4.92. The summed E-state index contributed by atoms with van der Waals surface area (Å²) >= 11 is 0. The molecule has 0 aliphatic carbocycles. The fraction of sp³-hybridized carbons (Fsp3) is 0.389. The highest BCUT2D eigenvalue weighted by Gasteiger charge is 2.32. The molecule has 1 aliphatic rings. The molecule has 1 saturated heterocycles. The summed E-state index contributed by atoms with van der Waals surface area (Å²) in [6.07, 6.45) is 1.16. The summed E-state index contributed by atoms with van der Waals surface area (Å²) in [5.41, 5.74) is 6.62. The van der Waals surface area contributed by atoms with Gasteiger partial charge in [0, 0.05) is 38.8 Å². The van der Waals surface area contributed by atoms with Crippen LogP contribution in [0.15, 0.2) is 34.9 Å². The minimum absolute atomic E-state index is 0.0250. The van der Waals surface area contributed by atoms with E-state index in [0.29, 0.717) is 31.8 Å². The molecule has 4 rings (SSSR count). The number of nitrogens with one attached hydrogen (secondary N) is 1. The highest BCUT2D eigenvalue weighted by Crippen LogP contribution is 2.29. The standard InChI is InChI=1S/C18H23N9O3S/c1-26(2)31(28,29)27-10-8-12(9-11-27)16-21-15(25-30-16)14-22-17(19)24-18(23-14)20-13-6-4-3-5-7-13/h3-7,12H,8-11H2,1-2H3,(H3,19,20,22,23,24). The van der Waals surface area contributed by atoms with Gasteiger partial charge in [-0.3, -0.25) is 0 Å². The molecule has 2 aromatic heterocycles. The highest BCUT2D eigenvalue weighted by atomic mass is 32.2. The molecule has 1 fully saturated rings. The van der Waals surface area contributed by atoms with E-state index in [-0.39, 0.29) is 29.5 Å². The number of nitrogens with two attached hydrogens (primary N) is 1. The van der Waals surface area contributed by atoms with Crippen LogP contribution in [0.2, 0.25) is 0 Å². The lowest BCUT2D eigenvalue weighted by Crippen LogP contribution is -2.44. The molecule has 0 atom stereocenters. The van der Waals surface area contributed by atoms with E-state index in [2.05, 4.69) is 30.4 Å². The maximum atomic E-state index is 12.3. The molecular formula is C18H23N9O3S. The van der Waals surface area contributed by atoms with Crippen LogP contribution in [-0.4, -0.2) is 69.3 Å². The average Bonchev–Trinajstić information content (AvgIpc) is 3.24. The third kappa shape index (κ3) is 4.62. The monoisotopic (exact) mass is 445 g/mol. The van der Waals surface area contributed by atoms with E-state index >= 15 is 0 Å². The number of piperidine rings is 1. The van der Waals surface area contributed by atoms with Crippen LogP contribution in [0.25, 0.3) is 11.6 Å². The first-order valence-corrected chi connectivity index (χ1v) is 11.1. The topological polar surface area (TPSA) is 156 Å². The molecule has 31 heavy (non-hydrogen) atoms. The summed E-state index contributed by atoms with van der Waals surface area (Å²) in [6.45, 7) is 0.763. The van der Waals surface area contributed by atoms with Crippen LogP contribution in [0.3, 0.4) is 0 Å². The molecule has 13 heteroatoms. The second kappa shape index (κ2) is 8.53. The zero-order chi connectivity index (χ0) is 22.0. The van der Waals surface area contributed by atoms with Gasteiger partial charge in [0.25, 0.3) is 10.2 Å². The molecule has 1 aliphatic heterocycles. The quantitative estimate of drug-likeness (QED) is 0.565. The number of rotatable bonds is 6. The molecule has 0 spiro atoms. The number of nitrogens with zero attached hydrogens (tertiary/aromatic N) is 7. The lowest BCUT2D eigenvalue weighted by Gasteiger charge is -2.31. The SMILES string of the molecule is CN(C)S(=O)(=O)N1CCC(c2nc(-c3nc(N)nc(Nc4ccccc4)n3)no2)CC1. The molecule has 0 unspecified atom stereocenters. The van der Waals surface area contributed by atoms with Gasteiger partial charge in [-0.15, -0.1) is 0 Å². The van der Waals surface area contributed by atoms with Crippen LogP contribution < -0.4 is 11.1 Å². The fourth-order valence-corrected chi connectivity index (χ4v) is 4.39. The zero-order valence-corrected chi connectivity index (χ0v) is 17.9. The van der Waals surface area contributed by atoms with Crippen LogP contribution in [0.1, 0.15) is 24.7 Å². The molecule has 1 aromatic carbocycles. The van der Waals surface area contributed by atoms with Crippen molar-refractivity contribution in [2.24, 2.45) is 0 Å². The summed E-state index contributed by atoms with van der Waals surface area (Å²) in [7, 11) is -0.385. The smallest absolute Gasteiger partial charge is 0.281 e. The van der Waals surface area contributed by atoms with E-state index in [9.17, 15) is 8.42 Å². The molecule has 164 valence electrons. The number of aromatic nitrogens is 5. The molecule has 0 amide bonds. The molecule has 0 saturated carbocycles. The summed E-state index contributed by atoms with van der Waals surface area (Å²) < 4.78 is 32.6. The van der Waals surface area contributed by atoms with Crippen molar-refractivity contribution in [3.8, 4) is 11.6 Å². The van der Waals surface area contributed by atoms with Gasteiger partial charge in [-0.05, 0) is 25.0 Å². The predicted molar refractivity (Wildman–Crippen MR) is 113 cm³/mol. The highest BCUT2D eigenvalue weighted by molar-refractivity contribution is 7.86. The van der Waals surface area contributed by atoms with Crippen molar-refractivity contribution < 1.29 is 12.9 Å². The van der Waals surface area contributed by atoms with Crippen LogP contribution in [0, 0.1) is 0 Å². The Kier molecular flexibility index (Phi) is 5.80. The number of hydrogen-bond acceptors (Lipinski definition) is 10. The Hall–Kier alpha value is -3.16. The Morgan fingerprint density at radius 2 is 1.77 bits per heavy atom. The van der Waals surface area contributed by atoms with Crippen molar-refractivity contribution in [2.45, 2.75) is 18.8 Å². The molecule has 12 nitrogen and oxygen atoms in total. The Labute approximate surface area is 179 Å². The van der Waals surface area contributed by atoms with E-state index in [1.54, 1.807) is 0 Å². The van der Waals surface area contributed by atoms with Crippen molar-refractivity contribution in [3.05, 3.63) is 36.2 Å². The third-order valence-corrected chi connectivity index (χ3v) is 6.86. The Morgan fingerprint density at radius 3 is 2.45 bits per heavy atom. The lowest BCUT2D eigenvalue weighted by atomic mass is 9.98. The van der Waals surface area contributed by atoms with Crippen molar-refractivity contribution in [3.63, 3.8) is 0 Å². The van der Waals surface area contributed by atoms with Crippen molar-refractivity contribution in [1.29, 1.82) is 0 Å². The second-order valence-electron chi connectivity index (χ2n) is 7.25. The number of para-hydroxylation sites is 1. The van der Waals surface area contributed by atoms with Gasteiger partial charge >= 0.3 is 0 Å². The van der Waals surface area contributed by atoms with Gasteiger partial charge in [-0.25, -0.2) is 0 Å². The largest absolute Gasteiger partial charge is 0.368 e. The Balaban J connectivity index is 1.48. The summed E-state index contributed by atoms with van der Waals surface area (Å²) in [5, 5.41) is 7.04. The van der Waals surface area contributed by atoms with Crippen LogP contribution in [0.4, 0.5) is 17.6 Å². The Bertz CT molecular complexity index is 1140. The molecule has 0 bridgehead atoms. The van der Waals surface area contributed by atoms with Crippen molar-refractivity contribution in [2.75, 3.05) is 38.2 Å². The van der Waals surface area contributed by atoms with Gasteiger partial charge in [-0.2, -0.15) is 37.0 Å².